The Labute approximate surface area is 188 Å². The van der Waals surface area contributed by atoms with Crippen LogP contribution >= 0.6 is 0 Å². The highest BCUT2D eigenvalue weighted by molar-refractivity contribution is 5.90. The second-order valence-corrected chi connectivity index (χ2v) is 7.81. The number of nitrogens with zero attached hydrogens (tertiary/aromatic N) is 4. The quantitative estimate of drug-likeness (QED) is 0.545. The minimum atomic E-state index is -0.549. The first-order chi connectivity index (χ1) is 15.7. The molecule has 1 aliphatic heterocycles. The van der Waals surface area contributed by atoms with Gasteiger partial charge in [-0.05, 0) is 41.0 Å². The molecule has 3 heterocycles. The highest BCUT2D eigenvalue weighted by Gasteiger charge is 2.37. The van der Waals surface area contributed by atoms with Crippen molar-refractivity contribution < 1.29 is 9.59 Å². The monoisotopic (exact) mass is 426 g/mol. The highest BCUT2D eigenvalue weighted by Crippen LogP contribution is 2.23. The number of amides is 2. The van der Waals surface area contributed by atoms with Crippen molar-refractivity contribution in [2.45, 2.75) is 18.9 Å². The Kier molecular flexibility index (Phi) is 6.70. The Hall–Kier alpha value is -3.80. The molecule has 32 heavy (non-hydrogen) atoms. The van der Waals surface area contributed by atoms with E-state index in [1.807, 2.05) is 48.5 Å². The smallest absolute Gasteiger partial charge is 0.246 e. The lowest BCUT2D eigenvalue weighted by Crippen LogP contribution is -2.59. The third kappa shape index (κ3) is 4.91. The summed E-state index contributed by atoms with van der Waals surface area (Å²) in [5, 5.41) is 0. The maximum atomic E-state index is 13.3. The summed E-state index contributed by atoms with van der Waals surface area (Å²) in [6.07, 6.45) is 7.57. The Morgan fingerprint density at radius 1 is 1.03 bits per heavy atom. The van der Waals surface area contributed by atoms with Crippen LogP contribution in [0, 0.1) is 0 Å². The second-order valence-electron chi connectivity index (χ2n) is 7.81. The molecule has 162 valence electrons. The van der Waals surface area contributed by atoms with Crippen LogP contribution in [0.25, 0.3) is 11.1 Å². The molecule has 2 amide bonds. The van der Waals surface area contributed by atoms with Gasteiger partial charge in [0.25, 0.3) is 0 Å². The molecule has 1 unspecified atom stereocenters. The summed E-state index contributed by atoms with van der Waals surface area (Å²) >= 11 is 0. The van der Waals surface area contributed by atoms with Crippen molar-refractivity contribution in [3.63, 3.8) is 0 Å². The van der Waals surface area contributed by atoms with Crippen LogP contribution in [-0.2, 0) is 22.4 Å². The zero-order chi connectivity index (χ0) is 22.3. The average Bonchev–Trinajstić information content (AvgIpc) is 2.83. The van der Waals surface area contributed by atoms with Crippen LogP contribution in [0.1, 0.15) is 11.3 Å². The SMILES string of the molecule is C=CCN1CCN(C(=O)Cc2ccccn2)C(Cc2cccc(-c3ccncc3)c2)C1=O. The molecular formula is C26H26N4O2. The number of benzene rings is 1. The minimum Gasteiger partial charge on any atom is -0.335 e. The fraction of sp³-hybridized carbons (Fsp3) is 0.231. The molecule has 0 spiro atoms. The number of carbonyl (C=O) groups excluding carboxylic acids is 2. The highest BCUT2D eigenvalue weighted by atomic mass is 16.2. The third-order valence-electron chi connectivity index (χ3n) is 5.68. The van der Waals surface area contributed by atoms with Gasteiger partial charge in [0, 0.05) is 50.3 Å². The molecule has 0 N–H and O–H groups in total. The van der Waals surface area contributed by atoms with Crippen molar-refractivity contribution in [2.24, 2.45) is 0 Å². The maximum absolute atomic E-state index is 13.3. The number of rotatable bonds is 7. The van der Waals surface area contributed by atoms with E-state index in [9.17, 15) is 9.59 Å². The van der Waals surface area contributed by atoms with E-state index in [4.69, 9.17) is 0 Å². The summed E-state index contributed by atoms with van der Waals surface area (Å²) in [6, 6.07) is 17.0. The first kappa shape index (κ1) is 21.4. The lowest BCUT2D eigenvalue weighted by Gasteiger charge is -2.40. The molecule has 1 saturated heterocycles. The average molecular weight is 427 g/mol. The van der Waals surface area contributed by atoms with E-state index in [1.54, 1.807) is 34.5 Å². The first-order valence-electron chi connectivity index (χ1n) is 10.7. The van der Waals surface area contributed by atoms with Crippen molar-refractivity contribution in [1.82, 2.24) is 19.8 Å². The molecule has 0 aliphatic carbocycles. The molecular weight excluding hydrogens is 400 g/mol. The number of aromatic nitrogens is 2. The molecule has 6 nitrogen and oxygen atoms in total. The van der Waals surface area contributed by atoms with Crippen molar-refractivity contribution in [3.05, 3.63) is 97.1 Å². The van der Waals surface area contributed by atoms with E-state index in [1.165, 1.54) is 0 Å². The van der Waals surface area contributed by atoms with Gasteiger partial charge < -0.3 is 9.80 Å². The van der Waals surface area contributed by atoms with Crippen molar-refractivity contribution in [1.29, 1.82) is 0 Å². The van der Waals surface area contributed by atoms with Crippen molar-refractivity contribution >= 4 is 11.8 Å². The topological polar surface area (TPSA) is 66.4 Å². The molecule has 4 rings (SSSR count). The number of carbonyl (C=O) groups is 2. The Morgan fingerprint density at radius 3 is 2.62 bits per heavy atom. The van der Waals surface area contributed by atoms with E-state index in [0.29, 0.717) is 31.7 Å². The van der Waals surface area contributed by atoms with Gasteiger partial charge in [-0.3, -0.25) is 19.6 Å². The standard InChI is InChI=1S/C26H26N4O2/c1-2-14-29-15-16-30(25(31)19-23-8-3-4-11-28-23)24(26(29)32)18-20-6-5-7-22(17-20)21-9-12-27-13-10-21/h2-13,17,24H,1,14-16,18-19H2. The molecule has 3 aromatic rings. The molecule has 6 heteroatoms. The Bertz CT molecular complexity index is 1090. The molecule has 1 aliphatic rings. The van der Waals surface area contributed by atoms with Crippen LogP contribution in [0.2, 0.25) is 0 Å². The minimum absolute atomic E-state index is 0.0418. The molecule has 1 atom stereocenters. The number of piperazine rings is 1. The number of hydrogen-bond acceptors (Lipinski definition) is 4. The molecule has 2 aromatic heterocycles. The van der Waals surface area contributed by atoms with E-state index in [-0.39, 0.29) is 18.2 Å². The van der Waals surface area contributed by atoms with Gasteiger partial charge in [0.1, 0.15) is 6.04 Å². The van der Waals surface area contributed by atoms with Crippen LogP contribution < -0.4 is 0 Å². The lowest BCUT2D eigenvalue weighted by atomic mass is 9.97. The summed E-state index contributed by atoms with van der Waals surface area (Å²) in [7, 11) is 0. The maximum Gasteiger partial charge on any atom is 0.246 e. The number of pyridine rings is 2. The molecule has 0 bridgehead atoms. The van der Waals surface area contributed by atoms with Gasteiger partial charge in [-0.15, -0.1) is 6.58 Å². The van der Waals surface area contributed by atoms with Crippen LogP contribution in [0.5, 0.6) is 0 Å². The summed E-state index contributed by atoms with van der Waals surface area (Å²) in [6.45, 7) is 5.25. The van der Waals surface area contributed by atoms with Gasteiger partial charge in [0.2, 0.25) is 11.8 Å². The van der Waals surface area contributed by atoms with E-state index in [2.05, 4.69) is 22.6 Å². The van der Waals surface area contributed by atoms with Crippen LogP contribution in [-0.4, -0.2) is 57.3 Å². The van der Waals surface area contributed by atoms with Crippen LogP contribution in [0.15, 0.2) is 85.8 Å². The predicted octanol–water partition coefficient (Wildman–Crippen LogP) is 3.15. The van der Waals surface area contributed by atoms with Gasteiger partial charge in [-0.25, -0.2) is 0 Å². The summed E-state index contributed by atoms with van der Waals surface area (Å²) < 4.78 is 0. The van der Waals surface area contributed by atoms with Gasteiger partial charge >= 0.3 is 0 Å². The summed E-state index contributed by atoms with van der Waals surface area (Å²) in [4.78, 5) is 38.3. The van der Waals surface area contributed by atoms with Crippen molar-refractivity contribution in [2.75, 3.05) is 19.6 Å². The normalized spacial score (nSPS) is 16.1. The van der Waals surface area contributed by atoms with Gasteiger partial charge in [0.15, 0.2) is 0 Å². The molecule has 1 aromatic carbocycles. The second kappa shape index (κ2) is 10.0. The largest absolute Gasteiger partial charge is 0.335 e. The van der Waals surface area contributed by atoms with E-state index < -0.39 is 6.04 Å². The van der Waals surface area contributed by atoms with Crippen molar-refractivity contribution in [3.8, 4) is 11.1 Å². The number of hydrogen-bond donors (Lipinski definition) is 0. The van der Waals surface area contributed by atoms with E-state index >= 15 is 0 Å². The van der Waals surface area contributed by atoms with Gasteiger partial charge in [0.05, 0.1) is 6.42 Å². The van der Waals surface area contributed by atoms with Crippen LogP contribution in [0.3, 0.4) is 0 Å². The fourth-order valence-corrected chi connectivity index (χ4v) is 4.08. The summed E-state index contributed by atoms with van der Waals surface area (Å²) in [5.41, 5.74) is 3.83. The zero-order valence-electron chi connectivity index (χ0n) is 17.9. The lowest BCUT2D eigenvalue weighted by molar-refractivity contribution is -0.150. The fourth-order valence-electron chi connectivity index (χ4n) is 4.08. The predicted molar refractivity (Wildman–Crippen MR) is 124 cm³/mol. The van der Waals surface area contributed by atoms with Gasteiger partial charge in [-0.1, -0.05) is 36.4 Å². The molecule has 0 saturated carbocycles. The first-order valence-corrected chi connectivity index (χ1v) is 10.7. The third-order valence-corrected chi connectivity index (χ3v) is 5.68. The Morgan fingerprint density at radius 2 is 1.88 bits per heavy atom. The summed E-state index contributed by atoms with van der Waals surface area (Å²) in [5.74, 6) is -0.120. The van der Waals surface area contributed by atoms with Crippen LogP contribution in [0.4, 0.5) is 0 Å². The molecule has 1 fully saturated rings. The van der Waals surface area contributed by atoms with E-state index in [0.717, 1.165) is 16.7 Å². The van der Waals surface area contributed by atoms with Gasteiger partial charge in [-0.2, -0.15) is 0 Å². The molecule has 0 radical (unpaired) electrons. The Balaban J connectivity index is 1.58. The zero-order valence-corrected chi connectivity index (χ0v) is 17.9.